The molecule has 0 unspecified atom stereocenters. The first-order chi connectivity index (χ1) is 15.1. The summed E-state index contributed by atoms with van der Waals surface area (Å²) in [4.78, 5) is 38.5. The van der Waals surface area contributed by atoms with Gasteiger partial charge in [0, 0.05) is 18.2 Å². The Kier molecular flexibility index (Phi) is 6.62. The first-order valence-corrected chi connectivity index (χ1v) is 11.2. The summed E-state index contributed by atoms with van der Waals surface area (Å²) in [7, 11) is -2.74. The highest BCUT2D eigenvalue weighted by molar-refractivity contribution is 7.89. The van der Waals surface area contributed by atoms with Gasteiger partial charge < -0.3 is 9.30 Å². The van der Waals surface area contributed by atoms with Crippen LogP contribution >= 0.6 is 11.3 Å². The van der Waals surface area contributed by atoms with Gasteiger partial charge in [-0.15, -0.1) is 0 Å². The number of fused-ring (bicyclic) bond motifs is 1. The van der Waals surface area contributed by atoms with E-state index in [1.807, 2.05) is 0 Å². The third kappa shape index (κ3) is 5.32. The molecule has 0 spiro atoms. The molecule has 0 radical (unpaired) electrons. The number of thiazole rings is 1. The summed E-state index contributed by atoms with van der Waals surface area (Å²) < 4.78 is 29.8. The molecule has 0 atom stereocenters. The van der Waals surface area contributed by atoms with Crippen molar-refractivity contribution in [3.05, 3.63) is 69.0 Å². The van der Waals surface area contributed by atoms with Crippen LogP contribution in [0.25, 0.3) is 16.3 Å². The van der Waals surface area contributed by atoms with Gasteiger partial charge in [-0.25, -0.2) is 13.6 Å². The Labute approximate surface area is 185 Å². The quantitative estimate of drug-likeness (QED) is 0.244. The first-order valence-electron chi connectivity index (χ1n) is 8.83. The summed E-state index contributed by atoms with van der Waals surface area (Å²) in [6.07, 6.45) is 2.50. The number of primary sulfonamides is 1. The minimum absolute atomic E-state index is 0.123. The molecular weight excluding hydrogens is 460 g/mol. The number of sulfonamides is 1. The fourth-order valence-corrected chi connectivity index (χ4v) is 4.39. The molecule has 2 aromatic carbocycles. The minimum Gasteiger partial charge on any atom is -0.468 e. The van der Waals surface area contributed by atoms with Gasteiger partial charge in [-0.2, -0.15) is 4.99 Å². The molecule has 0 saturated heterocycles. The van der Waals surface area contributed by atoms with Crippen molar-refractivity contribution < 1.29 is 27.7 Å². The Hall–Kier alpha value is -3.68. The largest absolute Gasteiger partial charge is 0.468 e. The summed E-state index contributed by atoms with van der Waals surface area (Å²) >= 11 is 0.987. The molecule has 1 amide bonds. The Morgan fingerprint density at radius 2 is 2.03 bits per heavy atom. The number of ether oxygens (including phenoxy) is 1. The number of nitro benzene ring substituents is 1. The molecule has 3 rings (SSSR count). The standard InChI is InChI=1S/C19H16N4O7S2/c1-30-18(25)11-22-15-7-6-14(32(20,28)29)10-16(15)31-19(22)21-17(24)8-5-12-3-2-4-13(9-12)23(26)27/h2-10H,11H2,1H3,(H2,20,28,29). The van der Waals surface area contributed by atoms with Crippen LogP contribution in [0.5, 0.6) is 0 Å². The van der Waals surface area contributed by atoms with Crippen LogP contribution in [0.1, 0.15) is 5.56 Å². The van der Waals surface area contributed by atoms with Crippen molar-refractivity contribution in [3.8, 4) is 0 Å². The monoisotopic (exact) mass is 476 g/mol. The minimum atomic E-state index is -3.95. The zero-order valence-electron chi connectivity index (χ0n) is 16.5. The number of amides is 1. The molecule has 11 nitrogen and oxygen atoms in total. The maximum atomic E-state index is 12.4. The normalized spacial score (nSPS) is 12.4. The van der Waals surface area contributed by atoms with E-state index >= 15 is 0 Å². The maximum absolute atomic E-state index is 12.4. The van der Waals surface area contributed by atoms with Gasteiger partial charge >= 0.3 is 5.97 Å². The molecule has 13 heteroatoms. The average molecular weight is 476 g/mol. The molecule has 0 aliphatic carbocycles. The second kappa shape index (κ2) is 9.21. The third-order valence-electron chi connectivity index (χ3n) is 4.20. The van der Waals surface area contributed by atoms with E-state index in [4.69, 9.17) is 5.14 Å². The van der Waals surface area contributed by atoms with Crippen molar-refractivity contribution in [1.82, 2.24) is 4.57 Å². The fraction of sp³-hybridized carbons (Fsp3) is 0.105. The summed E-state index contributed by atoms with van der Waals surface area (Å²) in [6, 6.07) is 9.76. The van der Waals surface area contributed by atoms with E-state index in [1.54, 1.807) is 6.07 Å². The van der Waals surface area contributed by atoms with Crippen LogP contribution < -0.4 is 9.94 Å². The molecule has 0 bridgehead atoms. The Balaban J connectivity index is 2.04. The highest BCUT2D eigenvalue weighted by atomic mass is 32.2. The van der Waals surface area contributed by atoms with E-state index in [0.29, 0.717) is 15.8 Å². The number of carbonyl (C=O) groups is 2. The van der Waals surface area contributed by atoms with Crippen LogP contribution in [-0.4, -0.2) is 36.9 Å². The molecule has 166 valence electrons. The SMILES string of the molecule is COC(=O)Cn1c(=NC(=O)C=Cc2cccc([N+](=O)[O-])c2)sc2cc(S(N)(=O)=O)ccc21. The number of nitro groups is 1. The number of nitrogens with zero attached hydrogens (tertiary/aromatic N) is 3. The molecule has 3 aromatic rings. The predicted octanol–water partition coefficient (Wildman–Crippen LogP) is 1.57. The molecule has 32 heavy (non-hydrogen) atoms. The maximum Gasteiger partial charge on any atom is 0.325 e. The van der Waals surface area contributed by atoms with Gasteiger partial charge in [0.1, 0.15) is 6.54 Å². The molecule has 2 N–H and O–H groups in total. The third-order valence-corrected chi connectivity index (χ3v) is 6.16. The lowest BCUT2D eigenvalue weighted by molar-refractivity contribution is -0.384. The van der Waals surface area contributed by atoms with Gasteiger partial charge in [-0.05, 0) is 29.8 Å². The lowest BCUT2D eigenvalue weighted by atomic mass is 10.2. The van der Waals surface area contributed by atoms with Crippen molar-refractivity contribution in [2.45, 2.75) is 11.4 Å². The number of aromatic nitrogens is 1. The molecule has 1 aromatic heterocycles. The molecular formula is C19H16N4O7S2. The van der Waals surface area contributed by atoms with E-state index in [9.17, 15) is 28.1 Å². The Morgan fingerprint density at radius 3 is 2.69 bits per heavy atom. The number of hydrogen-bond acceptors (Lipinski definition) is 8. The van der Waals surface area contributed by atoms with Crippen LogP contribution in [0.15, 0.2) is 58.4 Å². The summed E-state index contributed by atoms with van der Waals surface area (Å²) in [6.45, 7) is -0.258. The van der Waals surface area contributed by atoms with Crippen molar-refractivity contribution in [3.63, 3.8) is 0 Å². The van der Waals surface area contributed by atoms with E-state index in [1.165, 1.54) is 54.2 Å². The smallest absolute Gasteiger partial charge is 0.325 e. The number of hydrogen-bond donors (Lipinski definition) is 1. The average Bonchev–Trinajstić information content (AvgIpc) is 3.07. The van der Waals surface area contributed by atoms with Crippen molar-refractivity contribution >= 4 is 55.2 Å². The number of non-ortho nitro benzene ring substituents is 1. The fourth-order valence-electron chi connectivity index (χ4n) is 2.70. The highest BCUT2D eigenvalue weighted by Crippen LogP contribution is 2.21. The molecule has 0 aliphatic heterocycles. The van der Waals surface area contributed by atoms with Crippen LogP contribution in [0, 0.1) is 10.1 Å². The summed E-state index contributed by atoms with van der Waals surface area (Å²) in [5.74, 6) is -1.28. The Morgan fingerprint density at radius 1 is 1.28 bits per heavy atom. The van der Waals surface area contributed by atoms with Gasteiger partial charge in [0.05, 0.1) is 27.1 Å². The lowest BCUT2D eigenvalue weighted by Gasteiger charge is -2.04. The second-order valence-corrected chi connectivity index (χ2v) is 8.93. The van der Waals surface area contributed by atoms with Crippen LogP contribution in [0.4, 0.5) is 5.69 Å². The van der Waals surface area contributed by atoms with Crippen molar-refractivity contribution in [1.29, 1.82) is 0 Å². The molecule has 0 saturated carbocycles. The van der Waals surface area contributed by atoms with E-state index in [0.717, 1.165) is 17.4 Å². The van der Waals surface area contributed by atoms with Crippen LogP contribution in [0.2, 0.25) is 0 Å². The highest BCUT2D eigenvalue weighted by Gasteiger charge is 2.15. The van der Waals surface area contributed by atoms with Crippen LogP contribution in [-0.2, 0) is 30.9 Å². The number of esters is 1. The van der Waals surface area contributed by atoms with E-state index < -0.39 is 26.8 Å². The molecule has 1 heterocycles. The number of methoxy groups -OCH3 is 1. The van der Waals surface area contributed by atoms with Crippen LogP contribution in [0.3, 0.4) is 0 Å². The predicted molar refractivity (Wildman–Crippen MR) is 116 cm³/mol. The zero-order valence-corrected chi connectivity index (χ0v) is 18.1. The van der Waals surface area contributed by atoms with Gasteiger partial charge in [0.15, 0.2) is 4.80 Å². The number of nitrogens with two attached hydrogens (primary N) is 1. The number of benzene rings is 2. The number of carbonyl (C=O) groups excluding carboxylic acids is 2. The van der Waals surface area contributed by atoms with Crippen molar-refractivity contribution in [2.75, 3.05) is 7.11 Å². The second-order valence-electron chi connectivity index (χ2n) is 6.36. The summed E-state index contributed by atoms with van der Waals surface area (Å²) in [5.41, 5.74) is 0.768. The zero-order chi connectivity index (χ0) is 23.5. The van der Waals surface area contributed by atoms with Gasteiger partial charge in [-0.1, -0.05) is 23.5 Å². The van der Waals surface area contributed by atoms with E-state index in [-0.39, 0.29) is 21.9 Å². The van der Waals surface area contributed by atoms with E-state index in [2.05, 4.69) is 9.73 Å². The van der Waals surface area contributed by atoms with Gasteiger partial charge in [0.25, 0.3) is 11.6 Å². The van der Waals surface area contributed by atoms with Crippen molar-refractivity contribution in [2.24, 2.45) is 10.1 Å². The summed E-state index contributed by atoms with van der Waals surface area (Å²) in [5, 5.41) is 16.0. The lowest BCUT2D eigenvalue weighted by Crippen LogP contribution is -2.22. The first kappa shape index (κ1) is 23.0. The molecule has 0 fully saturated rings. The Bertz CT molecular complexity index is 1440. The number of rotatable bonds is 6. The van der Waals surface area contributed by atoms with Gasteiger partial charge in [-0.3, -0.25) is 19.7 Å². The molecule has 0 aliphatic rings. The topological polar surface area (TPSA) is 164 Å². The van der Waals surface area contributed by atoms with Gasteiger partial charge in [0.2, 0.25) is 10.0 Å².